The molecule has 0 bridgehead atoms. The summed E-state index contributed by atoms with van der Waals surface area (Å²) in [4.78, 5) is 16.8. The number of nitrogens with one attached hydrogen (secondary N) is 1. The molecule has 0 saturated heterocycles. The summed E-state index contributed by atoms with van der Waals surface area (Å²) < 4.78 is 5.55. The molecule has 0 heterocycles. The van der Waals surface area contributed by atoms with Crippen LogP contribution in [0.15, 0.2) is 24.3 Å². The topological polar surface area (TPSA) is 47.6 Å². The molecule has 4 heteroatoms. The molecule has 1 amide bonds. The van der Waals surface area contributed by atoms with Crippen molar-refractivity contribution in [1.82, 2.24) is 5.48 Å². The highest BCUT2D eigenvalue weighted by Crippen LogP contribution is 2.13. The number of hydrogen-bond acceptors (Lipinski definition) is 3. The number of carbonyl (C=O) groups excluding carboxylic acids is 1. The van der Waals surface area contributed by atoms with Gasteiger partial charge in [-0.3, -0.25) is 9.63 Å². The highest BCUT2D eigenvalue weighted by Gasteiger charge is 2.06. The smallest absolute Gasteiger partial charge is 0.274 e. The van der Waals surface area contributed by atoms with Crippen molar-refractivity contribution >= 4 is 5.91 Å². The lowest BCUT2D eigenvalue weighted by atomic mass is 10.2. The van der Waals surface area contributed by atoms with Gasteiger partial charge in [0.1, 0.15) is 5.75 Å². The first-order valence-electron chi connectivity index (χ1n) is 6.64. The lowest BCUT2D eigenvalue weighted by Gasteiger charge is -2.10. The Bertz CT molecular complexity index is 385. The standard InChI is InChI=1S/C15H23NO3/c1-11(2)9-18-14-7-5-13(6-8-14)15(17)16-19-10-12(3)4/h5-8,11-12H,9-10H2,1-4H3,(H,16,17). The molecule has 0 radical (unpaired) electrons. The van der Waals surface area contributed by atoms with Gasteiger partial charge in [0.2, 0.25) is 0 Å². The van der Waals surface area contributed by atoms with E-state index in [1.807, 2.05) is 13.8 Å². The van der Waals surface area contributed by atoms with Gasteiger partial charge in [-0.25, -0.2) is 5.48 Å². The average Bonchev–Trinajstić information content (AvgIpc) is 2.36. The van der Waals surface area contributed by atoms with Crippen molar-refractivity contribution in [3.05, 3.63) is 29.8 Å². The summed E-state index contributed by atoms with van der Waals surface area (Å²) in [5, 5.41) is 0. The first-order valence-corrected chi connectivity index (χ1v) is 6.64. The minimum atomic E-state index is -0.240. The van der Waals surface area contributed by atoms with Crippen molar-refractivity contribution in [1.29, 1.82) is 0 Å². The molecular weight excluding hydrogens is 242 g/mol. The number of ether oxygens (including phenoxy) is 1. The van der Waals surface area contributed by atoms with E-state index in [4.69, 9.17) is 9.57 Å². The second kappa shape index (κ2) is 7.79. The summed E-state index contributed by atoms with van der Waals surface area (Å²) in [5.74, 6) is 1.39. The third kappa shape index (κ3) is 6.25. The molecule has 1 aromatic rings. The van der Waals surface area contributed by atoms with Crippen molar-refractivity contribution in [2.45, 2.75) is 27.7 Å². The molecule has 0 unspecified atom stereocenters. The molecule has 0 aromatic heterocycles. The van der Waals surface area contributed by atoms with Gasteiger partial charge >= 0.3 is 0 Å². The number of hydrogen-bond donors (Lipinski definition) is 1. The van der Waals surface area contributed by atoms with Crippen LogP contribution in [0.3, 0.4) is 0 Å². The van der Waals surface area contributed by atoms with Crippen LogP contribution in [0, 0.1) is 11.8 Å². The number of carbonyl (C=O) groups is 1. The van der Waals surface area contributed by atoms with Crippen LogP contribution >= 0.6 is 0 Å². The maximum Gasteiger partial charge on any atom is 0.274 e. The van der Waals surface area contributed by atoms with E-state index < -0.39 is 0 Å². The minimum Gasteiger partial charge on any atom is -0.493 e. The maximum absolute atomic E-state index is 11.7. The predicted octanol–water partition coefficient (Wildman–Crippen LogP) is 3.04. The first kappa shape index (κ1) is 15.5. The lowest BCUT2D eigenvalue weighted by molar-refractivity contribution is 0.0208. The molecule has 0 aliphatic rings. The zero-order valence-corrected chi connectivity index (χ0v) is 12.1. The zero-order chi connectivity index (χ0) is 14.3. The number of rotatable bonds is 7. The quantitative estimate of drug-likeness (QED) is 0.771. The molecule has 0 atom stereocenters. The second-order valence-corrected chi connectivity index (χ2v) is 5.37. The molecule has 0 aliphatic carbocycles. The van der Waals surface area contributed by atoms with Crippen LogP contribution in [-0.4, -0.2) is 19.1 Å². The van der Waals surface area contributed by atoms with Crippen molar-refractivity contribution in [2.24, 2.45) is 11.8 Å². The van der Waals surface area contributed by atoms with E-state index in [1.54, 1.807) is 24.3 Å². The molecule has 106 valence electrons. The largest absolute Gasteiger partial charge is 0.493 e. The van der Waals surface area contributed by atoms with Gasteiger partial charge in [-0.15, -0.1) is 0 Å². The SMILES string of the molecule is CC(C)CONC(=O)c1ccc(OCC(C)C)cc1. The van der Waals surface area contributed by atoms with Gasteiger partial charge in [-0.2, -0.15) is 0 Å². The van der Waals surface area contributed by atoms with Gasteiger partial charge in [0.15, 0.2) is 0 Å². The van der Waals surface area contributed by atoms with E-state index in [0.717, 1.165) is 5.75 Å². The van der Waals surface area contributed by atoms with Gasteiger partial charge in [0.25, 0.3) is 5.91 Å². The fraction of sp³-hybridized carbons (Fsp3) is 0.533. The predicted molar refractivity (Wildman–Crippen MR) is 75.0 cm³/mol. The van der Waals surface area contributed by atoms with Gasteiger partial charge < -0.3 is 4.74 Å². The summed E-state index contributed by atoms with van der Waals surface area (Å²) in [6.45, 7) is 9.39. The Kier molecular flexibility index (Phi) is 6.36. The van der Waals surface area contributed by atoms with Crippen LogP contribution in [0.2, 0.25) is 0 Å². The van der Waals surface area contributed by atoms with E-state index in [0.29, 0.717) is 30.6 Å². The molecule has 1 aromatic carbocycles. The van der Waals surface area contributed by atoms with E-state index in [1.165, 1.54) is 0 Å². The summed E-state index contributed by atoms with van der Waals surface area (Å²) >= 11 is 0. The third-order valence-electron chi connectivity index (χ3n) is 2.28. The maximum atomic E-state index is 11.7. The minimum absolute atomic E-state index is 0.240. The number of benzene rings is 1. The van der Waals surface area contributed by atoms with Gasteiger partial charge in [-0.1, -0.05) is 27.7 Å². The number of hydroxylamine groups is 1. The Morgan fingerprint density at radius 2 is 1.63 bits per heavy atom. The first-order chi connectivity index (χ1) is 8.99. The van der Waals surface area contributed by atoms with Crippen LogP contribution in [0.25, 0.3) is 0 Å². The lowest BCUT2D eigenvalue weighted by Crippen LogP contribution is -2.25. The van der Waals surface area contributed by atoms with Crippen LogP contribution in [0.4, 0.5) is 0 Å². The van der Waals surface area contributed by atoms with Crippen molar-refractivity contribution in [3.63, 3.8) is 0 Å². The monoisotopic (exact) mass is 265 g/mol. The van der Waals surface area contributed by atoms with Crippen LogP contribution in [0.5, 0.6) is 5.75 Å². The Balaban J connectivity index is 2.44. The molecule has 0 saturated carbocycles. The fourth-order valence-electron chi connectivity index (χ4n) is 1.30. The molecule has 1 rings (SSSR count). The Labute approximate surface area is 115 Å². The molecule has 4 nitrogen and oxygen atoms in total. The van der Waals surface area contributed by atoms with Crippen LogP contribution in [0.1, 0.15) is 38.1 Å². The molecule has 0 aliphatic heterocycles. The van der Waals surface area contributed by atoms with E-state index in [-0.39, 0.29) is 5.91 Å². The van der Waals surface area contributed by atoms with Crippen molar-refractivity contribution in [3.8, 4) is 5.75 Å². The highest BCUT2D eigenvalue weighted by atomic mass is 16.6. The Morgan fingerprint density at radius 1 is 1.05 bits per heavy atom. The number of amides is 1. The van der Waals surface area contributed by atoms with Gasteiger partial charge in [0, 0.05) is 5.56 Å². The average molecular weight is 265 g/mol. The van der Waals surface area contributed by atoms with E-state index in [9.17, 15) is 4.79 Å². The van der Waals surface area contributed by atoms with E-state index >= 15 is 0 Å². The Hall–Kier alpha value is -1.55. The summed E-state index contributed by atoms with van der Waals surface area (Å²) in [6.07, 6.45) is 0. The van der Waals surface area contributed by atoms with Crippen molar-refractivity contribution < 1.29 is 14.4 Å². The second-order valence-electron chi connectivity index (χ2n) is 5.37. The summed E-state index contributed by atoms with van der Waals surface area (Å²) in [5.41, 5.74) is 2.98. The van der Waals surface area contributed by atoms with E-state index in [2.05, 4.69) is 19.3 Å². The van der Waals surface area contributed by atoms with Gasteiger partial charge in [0.05, 0.1) is 13.2 Å². The van der Waals surface area contributed by atoms with Crippen LogP contribution < -0.4 is 10.2 Å². The molecule has 0 spiro atoms. The summed E-state index contributed by atoms with van der Waals surface area (Å²) in [7, 11) is 0. The molecule has 1 N–H and O–H groups in total. The van der Waals surface area contributed by atoms with Gasteiger partial charge in [-0.05, 0) is 36.1 Å². The van der Waals surface area contributed by atoms with Crippen LogP contribution in [-0.2, 0) is 4.84 Å². The Morgan fingerprint density at radius 3 is 2.16 bits per heavy atom. The fourth-order valence-corrected chi connectivity index (χ4v) is 1.30. The molecular formula is C15H23NO3. The van der Waals surface area contributed by atoms with Crippen molar-refractivity contribution in [2.75, 3.05) is 13.2 Å². The normalized spacial score (nSPS) is 10.8. The summed E-state index contributed by atoms with van der Waals surface area (Å²) in [6, 6.07) is 7.03. The molecule has 19 heavy (non-hydrogen) atoms. The highest BCUT2D eigenvalue weighted by molar-refractivity contribution is 5.93. The molecule has 0 fully saturated rings. The third-order valence-corrected chi connectivity index (χ3v) is 2.28. The zero-order valence-electron chi connectivity index (χ0n) is 12.1.